The third kappa shape index (κ3) is 2.38. The summed E-state index contributed by atoms with van der Waals surface area (Å²) >= 11 is 6.00. The number of alkyl halides is 1. The highest BCUT2D eigenvalue weighted by Crippen LogP contribution is 2.38. The summed E-state index contributed by atoms with van der Waals surface area (Å²) in [5.74, 6) is 0.798. The molecule has 21 heavy (non-hydrogen) atoms. The highest BCUT2D eigenvalue weighted by molar-refractivity contribution is 6.16. The average molecular weight is 313 g/mol. The van der Waals surface area contributed by atoms with Crippen LogP contribution < -0.4 is 4.74 Å². The van der Waals surface area contributed by atoms with Crippen LogP contribution in [0.25, 0.3) is 11.0 Å². The number of hydrogen-bond donors (Lipinski definition) is 0. The molecule has 1 aromatic heterocycles. The molecule has 0 aliphatic heterocycles. The van der Waals surface area contributed by atoms with Gasteiger partial charge >= 0.3 is 0 Å². The van der Waals surface area contributed by atoms with E-state index in [9.17, 15) is 4.39 Å². The molecule has 0 atom stereocenters. The molecule has 1 fully saturated rings. The van der Waals surface area contributed by atoms with Gasteiger partial charge in [-0.15, -0.1) is 11.6 Å². The fourth-order valence-electron chi connectivity index (χ4n) is 2.90. The second-order valence-electron chi connectivity index (χ2n) is 5.46. The van der Waals surface area contributed by atoms with Gasteiger partial charge in [-0.3, -0.25) is 0 Å². The molecular weight excluding hydrogens is 295 g/mol. The van der Waals surface area contributed by atoms with Gasteiger partial charge in [-0.2, -0.15) is 0 Å². The Labute approximate surface area is 127 Å². The fraction of sp³-hybridized carbons (Fsp3) is 0.533. The van der Waals surface area contributed by atoms with E-state index < -0.39 is 5.82 Å². The molecule has 0 unspecified atom stereocenters. The van der Waals surface area contributed by atoms with Crippen molar-refractivity contribution in [2.45, 2.75) is 37.3 Å². The monoisotopic (exact) mass is 312 g/mol. The first-order valence-electron chi connectivity index (χ1n) is 6.96. The van der Waals surface area contributed by atoms with Gasteiger partial charge in [0, 0.05) is 19.2 Å². The summed E-state index contributed by atoms with van der Waals surface area (Å²) < 4.78 is 26.6. The number of halogens is 2. The molecule has 1 aliphatic rings. The van der Waals surface area contributed by atoms with Crippen LogP contribution in [0.4, 0.5) is 4.39 Å². The summed E-state index contributed by atoms with van der Waals surface area (Å²) in [5, 5.41) is 0. The van der Waals surface area contributed by atoms with Crippen LogP contribution in [-0.2, 0) is 17.2 Å². The van der Waals surface area contributed by atoms with Crippen molar-refractivity contribution in [2.24, 2.45) is 0 Å². The van der Waals surface area contributed by atoms with Crippen LogP contribution >= 0.6 is 11.6 Å². The zero-order chi connectivity index (χ0) is 15.0. The maximum Gasteiger partial charge on any atom is 0.167 e. The summed E-state index contributed by atoms with van der Waals surface area (Å²) in [6, 6.07) is 3.07. The van der Waals surface area contributed by atoms with E-state index in [1.54, 1.807) is 13.2 Å². The van der Waals surface area contributed by atoms with Crippen LogP contribution in [0, 0.1) is 5.82 Å². The number of aromatic nitrogens is 2. The number of methoxy groups -OCH3 is 2. The maximum absolute atomic E-state index is 13.8. The van der Waals surface area contributed by atoms with Gasteiger partial charge in [-0.1, -0.05) is 0 Å². The van der Waals surface area contributed by atoms with E-state index in [1.165, 1.54) is 13.2 Å². The van der Waals surface area contributed by atoms with Gasteiger partial charge in [0.15, 0.2) is 11.6 Å². The van der Waals surface area contributed by atoms with E-state index >= 15 is 0 Å². The Hall–Kier alpha value is -1.33. The lowest BCUT2D eigenvalue weighted by Crippen LogP contribution is -2.43. The summed E-state index contributed by atoms with van der Waals surface area (Å²) in [6.07, 6.45) is 3.20. The molecule has 4 nitrogen and oxygen atoms in total. The average Bonchev–Trinajstić information content (AvgIpc) is 2.78. The Balaban J connectivity index is 2.10. The van der Waals surface area contributed by atoms with Crippen molar-refractivity contribution in [3.63, 3.8) is 0 Å². The molecule has 0 amide bonds. The minimum atomic E-state index is -0.416. The molecule has 2 aromatic rings. The van der Waals surface area contributed by atoms with Crippen LogP contribution in [0.1, 0.15) is 25.1 Å². The number of nitrogens with zero attached hydrogens (tertiary/aromatic N) is 2. The zero-order valence-corrected chi connectivity index (χ0v) is 12.9. The molecule has 0 spiro atoms. The molecule has 0 saturated heterocycles. The van der Waals surface area contributed by atoms with E-state index in [-0.39, 0.29) is 17.2 Å². The third-order valence-electron chi connectivity index (χ3n) is 4.36. The predicted octanol–water partition coefficient (Wildman–Crippen LogP) is 3.49. The van der Waals surface area contributed by atoms with E-state index in [1.807, 2.05) is 4.57 Å². The Morgan fingerprint density at radius 2 is 2.14 bits per heavy atom. The van der Waals surface area contributed by atoms with Gasteiger partial charge in [-0.25, -0.2) is 9.37 Å². The maximum atomic E-state index is 13.8. The number of fused-ring (bicyclic) bond motifs is 1. The van der Waals surface area contributed by atoms with Gasteiger partial charge in [-0.05, 0) is 19.3 Å². The van der Waals surface area contributed by atoms with Crippen molar-refractivity contribution in [3.05, 3.63) is 23.8 Å². The molecule has 1 saturated carbocycles. The second-order valence-corrected chi connectivity index (χ2v) is 5.73. The number of benzene rings is 1. The zero-order valence-electron chi connectivity index (χ0n) is 12.2. The first-order chi connectivity index (χ1) is 10.1. The minimum Gasteiger partial charge on any atom is -0.494 e. The van der Waals surface area contributed by atoms with E-state index in [0.717, 1.165) is 30.6 Å². The van der Waals surface area contributed by atoms with Crippen LogP contribution in [0.2, 0.25) is 0 Å². The molecule has 0 N–H and O–H groups in total. The van der Waals surface area contributed by atoms with Gasteiger partial charge < -0.3 is 14.0 Å². The fourth-order valence-corrected chi connectivity index (χ4v) is 3.10. The SMILES string of the molecule is COc1cc2c(cc1F)nc(CCl)n2CC1(OC)CCC1. The van der Waals surface area contributed by atoms with Gasteiger partial charge in [0.1, 0.15) is 5.82 Å². The standard InChI is InChI=1S/C15H18ClFN2O2/c1-20-13-7-12-11(6-10(13)17)18-14(8-16)19(12)9-15(21-2)4-3-5-15/h6-7H,3-5,8-9H2,1-2H3. The smallest absolute Gasteiger partial charge is 0.167 e. The Morgan fingerprint density at radius 3 is 2.67 bits per heavy atom. The minimum absolute atomic E-state index is 0.157. The quantitative estimate of drug-likeness (QED) is 0.793. The second kappa shape index (κ2) is 5.46. The number of hydrogen-bond acceptors (Lipinski definition) is 3. The lowest BCUT2D eigenvalue weighted by Gasteiger charge is -2.41. The summed E-state index contributed by atoms with van der Waals surface area (Å²) in [6.45, 7) is 0.677. The van der Waals surface area contributed by atoms with Crippen molar-refractivity contribution in [2.75, 3.05) is 14.2 Å². The third-order valence-corrected chi connectivity index (χ3v) is 4.60. The molecule has 0 radical (unpaired) electrons. The molecule has 1 heterocycles. The number of rotatable bonds is 5. The molecule has 3 rings (SSSR count). The van der Waals surface area contributed by atoms with Crippen LogP contribution in [-0.4, -0.2) is 29.4 Å². The lowest BCUT2D eigenvalue weighted by atomic mass is 9.80. The summed E-state index contributed by atoms with van der Waals surface area (Å²) in [7, 11) is 3.19. The van der Waals surface area contributed by atoms with Gasteiger partial charge in [0.25, 0.3) is 0 Å². The molecule has 0 bridgehead atoms. The molecule has 114 valence electrons. The van der Waals surface area contributed by atoms with E-state index in [4.69, 9.17) is 21.1 Å². The number of imidazole rings is 1. The van der Waals surface area contributed by atoms with Crippen molar-refractivity contribution >= 4 is 22.6 Å². The largest absolute Gasteiger partial charge is 0.494 e. The van der Waals surface area contributed by atoms with Crippen molar-refractivity contribution in [1.29, 1.82) is 0 Å². The highest BCUT2D eigenvalue weighted by Gasteiger charge is 2.38. The molecule has 1 aromatic carbocycles. The number of ether oxygens (including phenoxy) is 2. The van der Waals surface area contributed by atoms with E-state index in [0.29, 0.717) is 12.1 Å². The molecular formula is C15H18ClFN2O2. The first kappa shape index (κ1) is 14.6. The van der Waals surface area contributed by atoms with Gasteiger partial charge in [0.2, 0.25) is 0 Å². The molecule has 1 aliphatic carbocycles. The topological polar surface area (TPSA) is 36.3 Å². The van der Waals surface area contributed by atoms with Crippen LogP contribution in [0.15, 0.2) is 12.1 Å². The molecule has 6 heteroatoms. The van der Waals surface area contributed by atoms with Crippen molar-refractivity contribution < 1.29 is 13.9 Å². The van der Waals surface area contributed by atoms with Crippen molar-refractivity contribution in [1.82, 2.24) is 9.55 Å². The highest BCUT2D eigenvalue weighted by atomic mass is 35.5. The van der Waals surface area contributed by atoms with Crippen LogP contribution in [0.3, 0.4) is 0 Å². The summed E-state index contributed by atoms with van der Waals surface area (Å²) in [4.78, 5) is 4.42. The van der Waals surface area contributed by atoms with Crippen molar-refractivity contribution in [3.8, 4) is 5.75 Å². The first-order valence-corrected chi connectivity index (χ1v) is 7.50. The summed E-state index contributed by atoms with van der Waals surface area (Å²) in [5.41, 5.74) is 1.26. The van der Waals surface area contributed by atoms with Crippen LogP contribution in [0.5, 0.6) is 5.75 Å². The normalized spacial score (nSPS) is 17.0. The Kier molecular flexibility index (Phi) is 3.80. The van der Waals surface area contributed by atoms with E-state index in [2.05, 4.69) is 4.98 Å². The Bertz CT molecular complexity index is 662. The lowest BCUT2D eigenvalue weighted by molar-refractivity contribution is -0.0831. The predicted molar refractivity (Wildman–Crippen MR) is 79.4 cm³/mol. The Morgan fingerprint density at radius 1 is 1.38 bits per heavy atom. The van der Waals surface area contributed by atoms with Gasteiger partial charge in [0.05, 0.1) is 36.2 Å².